The maximum absolute atomic E-state index is 9.18. The molecular formula is C13H16ClNOS. The van der Waals surface area contributed by atoms with Gasteiger partial charge in [0.2, 0.25) is 0 Å². The summed E-state index contributed by atoms with van der Waals surface area (Å²) < 4.78 is 0. The fourth-order valence-corrected chi connectivity index (χ4v) is 2.29. The Labute approximate surface area is 112 Å². The summed E-state index contributed by atoms with van der Waals surface area (Å²) in [7, 11) is 0. The monoisotopic (exact) mass is 269 g/mol. The van der Waals surface area contributed by atoms with Crippen LogP contribution in [0.25, 0.3) is 0 Å². The van der Waals surface area contributed by atoms with Gasteiger partial charge in [-0.15, -0.1) is 12.4 Å². The van der Waals surface area contributed by atoms with Crippen molar-refractivity contribution in [1.82, 2.24) is 5.32 Å². The summed E-state index contributed by atoms with van der Waals surface area (Å²) in [5, 5.41) is 16.8. The van der Waals surface area contributed by atoms with E-state index >= 15 is 0 Å². The fourth-order valence-electron chi connectivity index (χ4n) is 1.62. The van der Waals surface area contributed by atoms with Crippen LogP contribution in [-0.2, 0) is 19.7 Å². The molecule has 0 saturated carbocycles. The molecule has 1 heterocycles. The molecule has 1 aromatic heterocycles. The van der Waals surface area contributed by atoms with Crippen molar-refractivity contribution in [2.45, 2.75) is 19.7 Å². The van der Waals surface area contributed by atoms with Crippen molar-refractivity contribution in [1.29, 1.82) is 0 Å². The van der Waals surface area contributed by atoms with Gasteiger partial charge >= 0.3 is 0 Å². The molecule has 2 aromatic rings. The first-order valence-electron chi connectivity index (χ1n) is 5.29. The Morgan fingerprint density at radius 1 is 1.06 bits per heavy atom. The lowest BCUT2D eigenvalue weighted by Gasteiger charge is -2.07. The van der Waals surface area contributed by atoms with Crippen LogP contribution in [0.1, 0.15) is 16.7 Å². The summed E-state index contributed by atoms with van der Waals surface area (Å²) >= 11 is 1.71. The molecule has 0 radical (unpaired) electrons. The van der Waals surface area contributed by atoms with Crippen LogP contribution in [0.3, 0.4) is 0 Å². The minimum Gasteiger partial charge on any atom is -0.392 e. The predicted molar refractivity (Wildman–Crippen MR) is 74.5 cm³/mol. The van der Waals surface area contributed by atoms with E-state index in [2.05, 4.69) is 22.1 Å². The molecule has 0 unspecified atom stereocenters. The zero-order valence-electron chi connectivity index (χ0n) is 9.43. The Balaban J connectivity index is 0.00000144. The van der Waals surface area contributed by atoms with Crippen LogP contribution in [0.4, 0.5) is 0 Å². The molecule has 2 nitrogen and oxygen atoms in total. The van der Waals surface area contributed by atoms with Gasteiger partial charge in [0.1, 0.15) is 0 Å². The number of rotatable bonds is 5. The van der Waals surface area contributed by atoms with Gasteiger partial charge in [0.15, 0.2) is 0 Å². The first-order chi connectivity index (χ1) is 7.90. The molecule has 0 spiro atoms. The predicted octanol–water partition coefficient (Wildman–Crippen LogP) is 2.95. The summed E-state index contributed by atoms with van der Waals surface area (Å²) in [6, 6.07) is 10.1. The van der Waals surface area contributed by atoms with Crippen LogP contribution in [0, 0.1) is 0 Å². The lowest BCUT2D eigenvalue weighted by molar-refractivity contribution is 0.280. The zero-order valence-corrected chi connectivity index (χ0v) is 11.1. The standard InChI is InChI=1S/C13H15NOS.ClH/c15-9-13-4-2-1-3-12(13)8-14-7-11-5-6-16-10-11;/h1-6,10,14-15H,7-9H2;1H. The van der Waals surface area contributed by atoms with Gasteiger partial charge in [-0.25, -0.2) is 0 Å². The van der Waals surface area contributed by atoms with Crippen LogP contribution in [-0.4, -0.2) is 5.11 Å². The average Bonchev–Trinajstić information content (AvgIpc) is 2.83. The molecule has 0 fully saturated rings. The quantitative estimate of drug-likeness (QED) is 0.875. The second kappa shape index (κ2) is 7.45. The van der Waals surface area contributed by atoms with Crippen LogP contribution in [0.2, 0.25) is 0 Å². The first-order valence-corrected chi connectivity index (χ1v) is 6.24. The van der Waals surface area contributed by atoms with E-state index in [1.807, 2.05) is 24.3 Å². The van der Waals surface area contributed by atoms with Gasteiger partial charge in [0, 0.05) is 13.1 Å². The molecule has 0 amide bonds. The maximum Gasteiger partial charge on any atom is 0.0685 e. The van der Waals surface area contributed by atoms with E-state index in [0.29, 0.717) is 0 Å². The minimum atomic E-state index is 0. The molecular weight excluding hydrogens is 254 g/mol. The van der Waals surface area contributed by atoms with E-state index in [1.54, 1.807) is 11.3 Å². The van der Waals surface area contributed by atoms with Crippen LogP contribution in [0.15, 0.2) is 41.1 Å². The van der Waals surface area contributed by atoms with Gasteiger partial charge in [-0.05, 0) is 33.5 Å². The van der Waals surface area contributed by atoms with E-state index in [9.17, 15) is 5.11 Å². The smallest absolute Gasteiger partial charge is 0.0685 e. The molecule has 0 aliphatic carbocycles. The zero-order chi connectivity index (χ0) is 11.2. The molecule has 0 aliphatic heterocycles. The largest absolute Gasteiger partial charge is 0.392 e. The summed E-state index contributed by atoms with van der Waals surface area (Å²) in [5.74, 6) is 0. The van der Waals surface area contributed by atoms with Gasteiger partial charge < -0.3 is 10.4 Å². The topological polar surface area (TPSA) is 32.3 Å². The molecule has 0 atom stereocenters. The second-order valence-corrected chi connectivity index (χ2v) is 4.44. The van der Waals surface area contributed by atoms with Crippen LogP contribution in [0.5, 0.6) is 0 Å². The Hall–Kier alpha value is -0.870. The third-order valence-electron chi connectivity index (χ3n) is 2.51. The summed E-state index contributed by atoms with van der Waals surface area (Å²) in [4.78, 5) is 0. The van der Waals surface area contributed by atoms with Gasteiger partial charge in [0.05, 0.1) is 6.61 Å². The highest BCUT2D eigenvalue weighted by molar-refractivity contribution is 7.07. The van der Waals surface area contributed by atoms with Gasteiger partial charge in [-0.3, -0.25) is 0 Å². The second-order valence-electron chi connectivity index (χ2n) is 3.66. The number of thiophene rings is 1. The highest BCUT2D eigenvalue weighted by Crippen LogP contribution is 2.09. The lowest BCUT2D eigenvalue weighted by atomic mass is 10.1. The van der Waals surface area contributed by atoms with Crippen molar-refractivity contribution in [3.05, 3.63) is 57.8 Å². The Kier molecular flexibility index (Phi) is 6.22. The summed E-state index contributed by atoms with van der Waals surface area (Å²) in [5.41, 5.74) is 3.48. The molecule has 0 aliphatic rings. The molecule has 92 valence electrons. The number of nitrogens with one attached hydrogen (secondary N) is 1. The maximum atomic E-state index is 9.18. The molecule has 17 heavy (non-hydrogen) atoms. The van der Waals surface area contributed by atoms with Crippen molar-refractivity contribution < 1.29 is 5.11 Å². The fraction of sp³-hybridized carbons (Fsp3) is 0.231. The van der Waals surface area contributed by atoms with Crippen molar-refractivity contribution >= 4 is 23.7 Å². The van der Waals surface area contributed by atoms with E-state index in [1.165, 1.54) is 11.1 Å². The number of halogens is 1. The number of aliphatic hydroxyl groups is 1. The van der Waals surface area contributed by atoms with Crippen molar-refractivity contribution in [2.24, 2.45) is 0 Å². The van der Waals surface area contributed by atoms with E-state index in [-0.39, 0.29) is 19.0 Å². The highest BCUT2D eigenvalue weighted by Gasteiger charge is 1.99. The molecule has 1 aromatic carbocycles. The third-order valence-corrected chi connectivity index (χ3v) is 3.25. The first kappa shape index (κ1) is 14.2. The Morgan fingerprint density at radius 2 is 1.82 bits per heavy atom. The van der Waals surface area contributed by atoms with Crippen molar-refractivity contribution in [2.75, 3.05) is 0 Å². The molecule has 4 heteroatoms. The lowest BCUT2D eigenvalue weighted by Crippen LogP contribution is -2.13. The van der Waals surface area contributed by atoms with Gasteiger partial charge in [0.25, 0.3) is 0 Å². The Bertz CT molecular complexity index is 431. The summed E-state index contributed by atoms with van der Waals surface area (Å²) in [6.45, 7) is 1.78. The third kappa shape index (κ3) is 4.13. The average molecular weight is 270 g/mol. The SMILES string of the molecule is Cl.OCc1ccccc1CNCc1ccsc1. The normalized spacial score (nSPS) is 9.94. The van der Waals surface area contributed by atoms with Crippen LogP contribution >= 0.6 is 23.7 Å². The van der Waals surface area contributed by atoms with Crippen molar-refractivity contribution in [3.63, 3.8) is 0 Å². The number of aliphatic hydroxyl groups excluding tert-OH is 1. The van der Waals surface area contributed by atoms with Gasteiger partial charge in [-0.1, -0.05) is 24.3 Å². The molecule has 0 bridgehead atoms. The Morgan fingerprint density at radius 3 is 2.47 bits per heavy atom. The van der Waals surface area contributed by atoms with E-state index in [4.69, 9.17) is 0 Å². The molecule has 2 rings (SSSR count). The summed E-state index contributed by atoms with van der Waals surface area (Å²) in [6.07, 6.45) is 0. The van der Waals surface area contributed by atoms with Crippen molar-refractivity contribution in [3.8, 4) is 0 Å². The number of benzene rings is 1. The number of hydrogen-bond acceptors (Lipinski definition) is 3. The minimum absolute atomic E-state index is 0. The number of hydrogen-bond donors (Lipinski definition) is 2. The van der Waals surface area contributed by atoms with Gasteiger partial charge in [-0.2, -0.15) is 11.3 Å². The highest BCUT2D eigenvalue weighted by atomic mass is 35.5. The molecule has 2 N–H and O–H groups in total. The molecule has 0 saturated heterocycles. The van der Waals surface area contributed by atoms with Crippen LogP contribution < -0.4 is 5.32 Å². The van der Waals surface area contributed by atoms with E-state index in [0.717, 1.165) is 18.7 Å². The van der Waals surface area contributed by atoms with E-state index < -0.39 is 0 Å².